The molecular formula is C17H38OSSi. The van der Waals surface area contributed by atoms with Crippen LogP contribution in [0.15, 0.2) is 0 Å². The van der Waals surface area contributed by atoms with Gasteiger partial charge < -0.3 is 4.43 Å². The van der Waals surface area contributed by atoms with Gasteiger partial charge in [0.05, 0.1) is 0 Å². The first kappa shape index (κ1) is 20.5. The van der Waals surface area contributed by atoms with E-state index in [0.717, 1.165) is 12.4 Å². The quantitative estimate of drug-likeness (QED) is 0.247. The third kappa shape index (κ3) is 10.3. The van der Waals surface area contributed by atoms with Crippen molar-refractivity contribution in [3.05, 3.63) is 0 Å². The van der Waals surface area contributed by atoms with Crippen molar-refractivity contribution in [2.45, 2.75) is 96.7 Å². The van der Waals surface area contributed by atoms with Crippen molar-refractivity contribution in [3.63, 3.8) is 0 Å². The SMILES string of the molecule is CC(C)(C)[Si](C)(C)OCCCCCCCCCCCS. The van der Waals surface area contributed by atoms with E-state index in [2.05, 4.69) is 46.5 Å². The van der Waals surface area contributed by atoms with Gasteiger partial charge in [-0.1, -0.05) is 65.7 Å². The fourth-order valence-corrected chi connectivity index (χ4v) is 3.31. The Labute approximate surface area is 134 Å². The van der Waals surface area contributed by atoms with E-state index in [9.17, 15) is 0 Å². The summed E-state index contributed by atoms with van der Waals surface area (Å²) in [5.74, 6) is 1.05. The standard InChI is InChI=1S/C17H38OSSi/c1-17(2,3)20(4,5)18-15-13-11-9-7-6-8-10-12-14-16-19/h19H,6-16H2,1-5H3. The average Bonchev–Trinajstić information content (AvgIpc) is 2.34. The molecule has 0 spiro atoms. The van der Waals surface area contributed by atoms with Crippen molar-refractivity contribution in [1.29, 1.82) is 0 Å². The minimum Gasteiger partial charge on any atom is -0.417 e. The molecule has 0 aromatic carbocycles. The number of thiol groups is 1. The molecule has 0 saturated heterocycles. The van der Waals surface area contributed by atoms with E-state index in [-0.39, 0.29) is 0 Å². The van der Waals surface area contributed by atoms with Crippen molar-refractivity contribution >= 4 is 20.9 Å². The van der Waals surface area contributed by atoms with Gasteiger partial charge in [-0.25, -0.2) is 0 Å². The molecule has 0 radical (unpaired) electrons. The Balaban J connectivity index is 3.33. The Morgan fingerprint density at radius 1 is 0.750 bits per heavy atom. The van der Waals surface area contributed by atoms with Gasteiger partial charge in [-0.05, 0) is 36.7 Å². The summed E-state index contributed by atoms with van der Waals surface area (Å²) in [6.45, 7) is 12.6. The number of hydrogen-bond donors (Lipinski definition) is 1. The topological polar surface area (TPSA) is 9.23 Å². The van der Waals surface area contributed by atoms with Gasteiger partial charge in [0.15, 0.2) is 8.32 Å². The van der Waals surface area contributed by atoms with Crippen LogP contribution in [0.1, 0.15) is 78.6 Å². The van der Waals surface area contributed by atoms with E-state index in [1.807, 2.05) is 0 Å². The molecule has 0 heterocycles. The zero-order valence-corrected chi connectivity index (χ0v) is 16.5. The van der Waals surface area contributed by atoms with Crippen LogP contribution in [0.2, 0.25) is 18.1 Å². The summed E-state index contributed by atoms with van der Waals surface area (Å²) in [6, 6.07) is 0. The normalized spacial score (nSPS) is 12.9. The highest BCUT2D eigenvalue weighted by atomic mass is 32.1. The van der Waals surface area contributed by atoms with Crippen molar-refractivity contribution in [1.82, 2.24) is 0 Å². The second kappa shape index (κ2) is 11.1. The summed E-state index contributed by atoms with van der Waals surface area (Å²) in [4.78, 5) is 0. The predicted molar refractivity (Wildman–Crippen MR) is 98.6 cm³/mol. The summed E-state index contributed by atoms with van der Waals surface area (Å²) in [5, 5.41) is 0.347. The Morgan fingerprint density at radius 2 is 1.15 bits per heavy atom. The molecule has 3 heteroatoms. The Kier molecular flexibility index (Phi) is 11.4. The maximum Gasteiger partial charge on any atom is 0.191 e. The van der Waals surface area contributed by atoms with Gasteiger partial charge in [0.2, 0.25) is 0 Å². The smallest absolute Gasteiger partial charge is 0.191 e. The van der Waals surface area contributed by atoms with Crippen LogP contribution >= 0.6 is 12.6 Å². The van der Waals surface area contributed by atoms with Crippen LogP contribution in [0, 0.1) is 0 Å². The Hall–Kier alpha value is 0.527. The lowest BCUT2D eigenvalue weighted by molar-refractivity contribution is 0.277. The van der Waals surface area contributed by atoms with E-state index in [0.29, 0.717) is 5.04 Å². The molecule has 0 saturated carbocycles. The first-order chi connectivity index (χ1) is 9.31. The second-order valence-electron chi connectivity index (χ2n) is 7.51. The summed E-state index contributed by atoms with van der Waals surface area (Å²) in [5.41, 5.74) is 0. The zero-order valence-electron chi connectivity index (χ0n) is 14.6. The van der Waals surface area contributed by atoms with E-state index in [1.165, 1.54) is 57.8 Å². The minimum absolute atomic E-state index is 0.347. The molecule has 20 heavy (non-hydrogen) atoms. The maximum absolute atomic E-state index is 6.20. The molecule has 0 aromatic heterocycles. The molecule has 0 aromatic rings. The highest BCUT2D eigenvalue weighted by Gasteiger charge is 2.36. The number of hydrogen-bond acceptors (Lipinski definition) is 2. The maximum atomic E-state index is 6.20. The highest BCUT2D eigenvalue weighted by molar-refractivity contribution is 7.80. The van der Waals surface area contributed by atoms with Crippen molar-refractivity contribution in [2.75, 3.05) is 12.4 Å². The lowest BCUT2D eigenvalue weighted by atomic mass is 10.1. The monoisotopic (exact) mass is 318 g/mol. The molecular weight excluding hydrogens is 280 g/mol. The Morgan fingerprint density at radius 3 is 1.55 bits per heavy atom. The third-order valence-electron chi connectivity index (χ3n) is 4.57. The molecule has 1 nitrogen and oxygen atoms in total. The zero-order chi connectivity index (χ0) is 15.5. The first-order valence-corrected chi connectivity index (χ1v) is 12.1. The summed E-state index contributed by atoms with van der Waals surface area (Å²) in [7, 11) is -1.51. The van der Waals surface area contributed by atoms with Gasteiger partial charge in [-0.15, -0.1) is 0 Å². The van der Waals surface area contributed by atoms with Gasteiger partial charge in [0, 0.05) is 6.61 Å². The summed E-state index contributed by atoms with van der Waals surface area (Å²) >= 11 is 4.24. The molecule has 0 aliphatic carbocycles. The summed E-state index contributed by atoms with van der Waals surface area (Å²) < 4.78 is 6.20. The lowest BCUT2D eigenvalue weighted by Gasteiger charge is -2.36. The van der Waals surface area contributed by atoms with E-state index in [1.54, 1.807) is 0 Å². The fraction of sp³-hybridized carbons (Fsp3) is 1.00. The van der Waals surface area contributed by atoms with Gasteiger partial charge in [0.1, 0.15) is 0 Å². The van der Waals surface area contributed by atoms with Crippen molar-refractivity contribution < 1.29 is 4.43 Å². The van der Waals surface area contributed by atoms with Crippen LogP contribution in [0.3, 0.4) is 0 Å². The van der Waals surface area contributed by atoms with E-state index < -0.39 is 8.32 Å². The minimum atomic E-state index is -1.51. The van der Waals surface area contributed by atoms with Crippen LogP contribution in [0.4, 0.5) is 0 Å². The highest BCUT2D eigenvalue weighted by Crippen LogP contribution is 2.36. The molecule has 0 unspecified atom stereocenters. The van der Waals surface area contributed by atoms with Crippen molar-refractivity contribution in [2.24, 2.45) is 0 Å². The van der Waals surface area contributed by atoms with Crippen LogP contribution < -0.4 is 0 Å². The summed E-state index contributed by atoms with van der Waals surface area (Å²) in [6.07, 6.45) is 12.2. The van der Waals surface area contributed by atoms with Gasteiger partial charge in [0.25, 0.3) is 0 Å². The van der Waals surface area contributed by atoms with Crippen LogP contribution in [-0.2, 0) is 4.43 Å². The van der Waals surface area contributed by atoms with Crippen molar-refractivity contribution in [3.8, 4) is 0 Å². The molecule has 0 amide bonds. The fourth-order valence-electron chi connectivity index (χ4n) is 2.00. The average molecular weight is 319 g/mol. The number of rotatable bonds is 12. The van der Waals surface area contributed by atoms with Gasteiger partial charge >= 0.3 is 0 Å². The first-order valence-electron chi connectivity index (χ1n) is 8.56. The molecule has 0 rings (SSSR count). The third-order valence-corrected chi connectivity index (χ3v) is 9.43. The largest absolute Gasteiger partial charge is 0.417 e. The molecule has 122 valence electrons. The molecule has 0 atom stereocenters. The molecule has 0 aliphatic heterocycles. The van der Waals surface area contributed by atoms with Gasteiger partial charge in [-0.2, -0.15) is 12.6 Å². The Bertz CT molecular complexity index is 224. The molecule has 0 fully saturated rings. The number of unbranched alkanes of at least 4 members (excludes halogenated alkanes) is 8. The van der Waals surface area contributed by atoms with Crippen LogP contribution in [0.25, 0.3) is 0 Å². The van der Waals surface area contributed by atoms with Crippen LogP contribution in [-0.4, -0.2) is 20.7 Å². The lowest BCUT2D eigenvalue weighted by Crippen LogP contribution is -2.40. The van der Waals surface area contributed by atoms with Crippen LogP contribution in [0.5, 0.6) is 0 Å². The molecule has 0 aliphatic rings. The molecule has 0 N–H and O–H groups in total. The second-order valence-corrected chi connectivity index (χ2v) is 12.8. The van der Waals surface area contributed by atoms with Gasteiger partial charge in [-0.3, -0.25) is 0 Å². The predicted octanol–water partition coefficient (Wildman–Crippen LogP) is 6.45. The molecule has 0 bridgehead atoms. The van der Waals surface area contributed by atoms with E-state index >= 15 is 0 Å². The van der Waals surface area contributed by atoms with E-state index in [4.69, 9.17) is 4.43 Å².